The first-order valence-corrected chi connectivity index (χ1v) is 21.5. The van der Waals surface area contributed by atoms with Gasteiger partial charge in [-0.05, 0) is 82.8 Å². The van der Waals surface area contributed by atoms with Crippen molar-refractivity contribution in [3.63, 3.8) is 0 Å². The largest absolute Gasteiger partial charge is 0.508 e. The van der Waals surface area contributed by atoms with E-state index in [4.69, 9.17) is 9.53 Å². The molecule has 0 spiro atoms. The van der Waals surface area contributed by atoms with Crippen molar-refractivity contribution < 1.29 is 39.2 Å². The lowest BCUT2D eigenvalue weighted by Gasteiger charge is -2.44. The summed E-state index contributed by atoms with van der Waals surface area (Å²) < 4.78 is 7.36. The molecule has 3 aromatic rings. The number of aliphatic hydroxyl groups excluding tert-OH is 2. The summed E-state index contributed by atoms with van der Waals surface area (Å²) in [5.74, 6) is -3.59. The van der Waals surface area contributed by atoms with Crippen LogP contribution in [-0.2, 0) is 18.8 Å². The van der Waals surface area contributed by atoms with Gasteiger partial charge in [-0.15, -0.1) is 0 Å². The minimum atomic E-state index is -3.04. The number of allylic oxidation sites excluding steroid dienone is 1. The number of imide groups is 1. The van der Waals surface area contributed by atoms with Crippen LogP contribution >= 0.6 is 0 Å². The molecule has 0 radical (unpaired) electrons. The first-order valence-electron chi connectivity index (χ1n) is 19.6. The van der Waals surface area contributed by atoms with Gasteiger partial charge in [0.25, 0.3) is 8.32 Å². The standard InChI is InChI=1S/C45H57NO8Si/c1-5-31(27-32-20-23-34(48)24-21-32)22-25-39(49)41-33(28-37-42(38(41)29-47)44(53)46(43(37)52)26-14-8-13-19-40(50)51)30-54-55(45(2,3)4,35-15-9-6-10-16-35)36-17-11-7-12-18-36/h6-7,9-12,15-18,20-21,23-24,27,37-39,42,47-49H,5,8,13-14,19,22,25-26,28-30H2,1-4H3,(H,50,51)/b31-27+/t37-,38+,39-,42-/m1/s1. The van der Waals surface area contributed by atoms with Crippen molar-refractivity contribution in [1.29, 1.82) is 0 Å². The highest BCUT2D eigenvalue weighted by Gasteiger charge is 2.56. The van der Waals surface area contributed by atoms with Crippen molar-refractivity contribution in [3.05, 3.63) is 107 Å². The molecule has 2 aliphatic rings. The predicted molar refractivity (Wildman–Crippen MR) is 217 cm³/mol. The zero-order valence-electron chi connectivity index (χ0n) is 32.6. The Labute approximate surface area is 326 Å². The van der Waals surface area contributed by atoms with Crippen LogP contribution < -0.4 is 10.4 Å². The van der Waals surface area contributed by atoms with Gasteiger partial charge in [-0.1, -0.05) is 119 Å². The maximum Gasteiger partial charge on any atom is 0.303 e. The zero-order valence-corrected chi connectivity index (χ0v) is 33.6. The van der Waals surface area contributed by atoms with Gasteiger partial charge in [0.2, 0.25) is 11.8 Å². The van der Waals surface area contributed by atoms with Crippen molar-refractivity contribution in [2.75, 3.05) is 19.8 Å². The lowest BCUT2D eigenvalue weighted by atomic mass is 9.68. The minimum Gasteiger partial charge on any atom is -0.508 e. The number of nitrogens with zero attached hydrogens (tertiary/aromatic N) is 1. The lowest BCUT2D eigenvalue weighted by Crippen LogP contribution is -2.66. The molecule has 3 aromatic carbocycles. The summed E-state index contributed by atoms with van der Waals surface area (Å²) in [7, 11) is -3.04. The Morgan fingerprint density at radius 3 is 2.07 bits per heavy atom. The molecule has 10 heteroatoms. The Morgan fingerprint density at radius 2 is 1.53 bits per heavy atom. The number of hydrogen-bond acceptors (Lipinski definition) is 7. The third-order valence-corrected chi connectivity index (χ3v) is 16.4. The van der Waals surface area contributed by atoms with Crippen molar-refractivity contribution >= 4 is 42.6 Å². The van der Waals surface area contributed by atoms with Gasteiger partial charge >= 0.3 is 5.97 Å². The first-order chi connectivity index (χ1) is 26.3. The van der Waals surface area contributed by atoms with Gasteiger partial charge in [0.1, 0.15) is 5.75 Å². The van der Waals surface area contributed by atoms with Crippen LogP contribution in [0.15, 0.2) is 102 Å². The molecule has 294 valence electrons. The highest BCUT2D eigenvalue weighted by Crippen LogP contribution is 2.47. The Balaban J connectivity index is 1.52. The number of amides is 2. The van der Waals surface area contributed by atoms with Gasteiger partial charge in [-0.3, -0.25) is 19.3 Å². The van der Waals surface area contributed by atoms with Gasteiger partial charge in [0.05, 0.1) is 31.2 Å². The van der Waals surface area contributed by atoms with Gasteiger partial charge in [0, 0.05) is 18.9 Å². The summed E-state index contributed by atoms with van der Waals surface area (Å²) in [5, 5.41) is 43.9. The molecule has 55 heavy (non-hydrogen) atoms. The second kappa shape index (κ2) is 18.5. The zero-order chi connectivity index (χ0) is 39.8. The Morgan fingerprint density at radius 1 is 0.909 bits per heavy atom. The number of phenols is 1. The lowest BCUT2D eigenvalue weighted by molar-refractivity contribution is -0.141. The number of rotatable bonds is 18. The molecule has 1 fully saturated rings. The third-order valence-electron chi connectivity index (χ3n) is 11.4. The number of fused-ring (bicyclic) bond motifs is 1. The predicted octanol–water partition coefficient (Wildman–Crippen LogP) is 6.46. The molecule has 1 aliphatic carbocycles. The molecule has 0 unspecified atom stereocenters. The van der Waals surface area contributed by atoms with Crippen molar-refractivity contribution in [2.24, 2.45) is 17.8 Å². The Hall–Kier alpha value is -4.35. The number of aromatic hydroxyl groups is 1. The van der Waals surface area contributed by atoms with Gasteiger partial charge in [0.15, 0.2) is 0 Å². The molecule has 9 nitrogen and oxygen atoms in total. The molecule has 1 aliphatic heterocycles. The summed E-state index contributed by atoms with van der Waals surface area (Å²) in [5.41, 5.74) is 3.39. The van der Waals surface area contributed by atoms with E-state index in [0.717, 1.165) is 33.5 Å². The van der Waals surface area contributed by atoms with Crippen LogP contribution in [0.3, 0.4) is 0 Å². The summed E-state index contributed by atoms with van der Waals surface area (Å²) in [6.45, 7) is 8.54. The number of unbranched alkanes of at least 4 members (excludes halogenated alkanes) is 2. The fraction of sp³-hybridized carbons (Fsp3) is 0.444. The topological polar surface area (TPSA) is 145 Å². The molecule has 0 aromatic heterocycles. The van der Waals surface area contributed by atoms with Crippen LogP contribution in [0.1, 0.15) is 84.6 Å². The number of benzene rings is 3. The maximum absolute atomic E-state index is 14.1. The van der Waals surface area contributed by atoms with E-state index in [9.17, 15) is 29.7 Å². The van der Waals surface area contributed by atoms with Crippen LogP contribution in [0, 0.1) is 17.8 Å². The highest BCUT2D eigenvalue weighted by molar-refractivity contribution is 6.99. The van der Waals surface area contributed by atoms with E-state index in [1.807, 2.05) is 48.5 Å². The second-order valence-electron chi connectivity index (χ2n) is 16.0. The molecule has 4 atom stereocenters. The van der Waals surface area contributed by atoms with E-state index in [1.165, 1.54) is 4.90 Å². The summed E-state index contributed by atoms with van der Waals surface area (Å²) >= 11 is 0. The average molecular weight is 768 g/mol. The van der Waals surface area contributed by atoms with E-state index in [1.54, 1.807) is 12.1 Å². The molecule has 5 rings (SSSR count). The van der Waals surface area contributed by atoms with Crippen LogP contribution in [-0.4, -0.2) is 77.3 Å². The minimum absolute atomic E-state index is 0.0312. The van der Waals surface area contributed by atoms with Gasteiger partial charge in [-0.25, -0.2) is 0 Å². The monoisotopic (exact) mass is 767 g/mol. The SMILES string of the molecule is CC/C(=C\c1ccc(O)cc1)CC[C@@H](O)C1=C(CO[Si](c2ccccc2)(c2ccccc2)C(C)(C)C)C[C@H]2C(=O)N(CCCCCC(=O)O)C(=O)[C@H]2[C@H]1CO. The van der Waals surface area contributed by atoms with Crippen molar-refractivity contribution in [1.82, 2.24) is 4.90 Å². The molecule has 2 amide bonds. The molecular weight excluding hydrogens is 711 g/mol. The Bertz CT molecular complexity index is 1790. The van der Waals surface area contributed by atoms with Gasteiger partial charge < -0.3 is 24.9 Å². The molecule has 4 N–H and O–H groups in total. The number of carbonyl (C=O) groups excluding carboxylic acids is 2. The first kappa shape index (κ1) is 41.8. The summed E-state index contributed by atoms with van der Waals surface area (Å²) in [4.78, 5) is 40.4. The number of hydrogen-bond donors (Lipinski definition) is 4. The number of likely N-dealkylation sites (tertiary alicyclic amines) is 1. The van der Waals surface area contributed by atoms with Gasteiger partial charge in [-0.2, -0.15) is 0 Å². The molecule has 1 saturated heterocycles. The van der Waals surface area contributed by atoms with E-state index >= 15 is 0 Å². The van der Waals surface area contributed by atoms with E-state index in [0.29, 0.717) is 37.7 Å². The van der Waals surface area contributed by atoms with E-state index in [-0.39, 0.29) is 48.6 Å². The molecule has 0 bridgehead atoms. The van der Waals surface area contributed by atoms with E-state index < -0.39 is 44.8 Å². The quantitative estimate of drug-likeness (QED) is 0.0500. The summed E-state index contributed by atoms with van der Waals surface area (Å²) in [6, 6.07) is 27.5. The smallest absolute Gasteiger partial charge is 0.303 e. The number of carboxylic acid groups (broad SMARTS) is 1. The number of carbonyl (C=O) groups is 3. The third kappa shape index (κ3) is 9.37. The second-order valence-corrected chi connectivity index (χ2v) is 20.3. The van der Waals surface area contributed by atoms with Crippen molar-refractivity contribution in [2.45, 2.75) is 90.2 Å². The Kier molecular flexibility index (Phi) is 14.1. The van der Waals surface area contributed by atoms with E-state index in [2.05, 4.69) is 58.0 Å². The van der Waals surface area contributed by atoms with Crippen LogP contribution in [0.4, 0.5) is 0 Å². The van der Waals surface area contributed by atoms with Crippen LogP contribution in [0.5, 0.6) is 5.75 Å². The number of aliphatic hydroxyl groups is 2. The highest BCUT2D eigenvalue weighted by atomic mass is 28.4. The fourth-order valence-electron chi connectivity index (χ4n) is 8.69. The average Bonchev–Trinajstić information content (AvgIpc) is 3.41. The van der Waals surface area contributed by atoms with Crippen LogP contribution in [0.25, 0.3) is 6.08 Å². The summed E-state index contributed by atoms with van der Waals surface area (Å²) in [6.07, 6.45) is 4.50. The van der Waals surface area contributed by atoms with Crippen molar-refractivity contribution in [3.8, 4) is 5.75 Å². The maximum atomic E-state index is 14.1. The molecule has 1 heterocycles. The number of carboxylic acids is 1. The normalized spacial score (nSPS) is 19.9. The number of aliphatic carboxylic acids is 1. The molecular formula is C45H57NO8Si. The van der Waals surface area contributed by atoms with Crippen LogP contribution in [0.2, 0.25) is 5.04 Å². The molecule has 0 saturated carbocycles. The number of phenolic OH excluding ortho intramolecular Hbond substituents is 1. The fourth-order valence-corrected chi connectivity index (χ4v) is 13.2.